The second kappa shape index (κ2) is 8.16. The number of carbonyl (C=O) groups excluding carboxylic acids is 1. The first-order valence-electron chi connectivity index (χ1n) is 8.67. The Morgan fingerprint density at radius 2 is 1.41 bits per heavy atom. The molecule has 27 heavy (non-hydrogen) atoms. The molecule has 132 valence electrons. The molecule has 3 heteroatoms. The molecule has 3 aromatic rings. The van der Waals surface area contributed by atoms with Crippen molar-refractivity contribution in [1.29, 1.82) is 5.26 Å². The Morgan fingerprint density at radius 1 is 0.852 bits per heavy atom. The van der Waals surface area contributed by atoms with E-state index in [-0.39, 0.29) is 5.78 Å². The van der Waals surface area contributed by atoms with Crippen molar-refractivity contribution in [3.05, 3.63) is 95.6 Å². The van der Waals surface area contributed by atoms with Crippen LogP contribution >= 0.6 is 0 Å². The van der Waals surface area contributed by atoms with Crippen LogP contribution in [0.15, 0.2) is 78.9 Å². The zero-order valence-corrected chi connectivity index (χ0v) is 15.4. The molecule has 0 aliphatic heterocycles. The van der Waals surface area contributed by atoms with Crippen molar-refractivity contribution in [1.82, 2.24) is 0 Å². The molecule has 3 rings (SSSR count). The van der Waals surface area contributed by atoms with Gasteiger partial charge >= 0.3 is 0 Å². The van der Waals surface area contributed by atoms with E-state index in [9.17, 15) is 4.79 Å². The van der Waals surface area contributed by atoms with E-state index in [1.54, 1.807) is 18.2 Å². The van der Waals surface area contributed by atoms with Crippen molar-refractivity contribution in [3.8, 4) is 17.2 Å². The van der Waals surface area contributed by atoms with Crippen molar-refractivity contribution >= 4 is 17.5 Å². The molecule has 0 aliphatic carbocycles. The summed E-state index contributed by atoms with van der Waals surface area (Å²) in [4.78, 5) is 14.4. The maximum atomic E-state index is 12.4. The number of nitriles is 1. The number of nitrogens with zero attached hydrogens (tertiary/aromatic N) is 2. The van der Waals surface area contributed by atoms with Gasteiger partial charge in [-0.3, -0.25) is 4.79 Å². The third-order valence-corrected chi connectivity index (χ3v) is 4.35. The van der Waals surface area contributed by atoms with E-state index in [0.717, 1.165) is 22.4 Å². The van der Waals surface area contributed by atoms with Gasteiger partial charge in [0.2, 0.25) is 0 Å². The number of allylic oxidation sites excluding steroid dienone is 1. The summed E-state index contributed by atoms with van der Waals surface area (Å²) >= 11 is 0. The zero-order valence-electron chi connectivity index (χ0n) is 15.4. The predicted octanol–water partition coefficient (Wildman–Crippen LogP) is 5.19. The third-order valence-electron chi connectivity index (χ3n) is 4.35. The maximum absolute atomic E-state index is 12.4. The number of carbonyl (C=O) groups is 1. The van der Waals surface area contributed by atoms with Crippen LogP contribution in [0.3, 0.4) is 0 Å². The average molecular weight is 352 g/mol. The van der Waals surface area contributed by atoms with E-state index >= 15 is 0 Å². The summed E-state index contributed by atoms with van der Waals surface area (Å²) in [6.45, 7) is 0. The largest absolute Gasteiger partial charge is 0.378 e. The molecule has 0 spiro atoms. The molecule has 0 fully saturated rings. The lowest BCUT2D eigenvalue weighted by Gasteiger charge is -2.11. The molecule has 3 aromatic carbocycles. The molecule has 0 aliphatic rings. The molecule has 0 amide bonds. The van der Waals surface area contributed by atoms with Crippen LogP contribution in [0.1, 0.15) is 21.5 Å². The summed E-state index contributed by atoms with van der Waals surface area (Å²) in [6, 6.07) is 25.1. The van der Waals surface area contributed by atoms with E-state index in [1.165, 1.54) is 0 Å². The molecule has 0 heterocycles. The topological polar surface area (TPSA) is 44.1 Å². The summed E-state index contributed by atoms with van der Waals surface area (Å²) in [6.07, 6.45) is 3.43. The molecule has 0 saturated heterocycles. The fourth-order valence-corrected chi connectivity index (χ4v) is 2.72. The number of rotatable bonds is 5. The standard InChI is InChI=1S/C24H20N2O/c1-26(2)23-14-5-18(6-15-23)7-16-24(27)22-12-10-21(11-13-22)20-8-3-19(17-25)4-9-20/h3-16H,1-2H3. The lowest BCUT2D eigenvalue weighted by molar-refractivity contribution is 0.104. The smallest absolute Gasteiger partial charge is 0.185 e. The van der Waals surface area contributed by atoms with Crippen LogP contribution in [-0.2, 0) is 0 Å². The Kier molecular flexibility index (Phi) is 5.49. The van der Waals surface area contributed by atoms with E-state index in [1.807, 2.05) is 85.7 Å². The van der Waals surface area contributed by atoms with E-state index in [4.69, 9.17) is 5.26 Å². The average Bonchev–Trinajstić information content (AvgIpc) is 2.72. The van der Waals surface area contributed by atoms with Gasteiger partial charge in [0.05, 0.1) is 11.6 Å². The van der Waals surface area contributed by atoms with Crippen LogP contribution in [0.25, 0.3) is 17.2 Å². The Balaban J connectivity index is 1.70. The highest BCUT2D eigenvalue weighted by Crippen LogP contribution is 2.21. The van der Waals surface area contributed by atoms with Gasteiger partial charge in [0.25, 0.3) is 0 Å². The molecule has 0 radical (unpaired) electrons. The molecule has 3 nitrogen and oxygen atoms in total. The Bertz CT molecular complexity index is 990. The minimum Gasteiger partial charge on any atom is -0.378 e. The zero-order chi connectivity index (χ0) is 19.2. The van der Waals surface area contributed by atoms with Gasteiger partial charge in [-0.05, 0) is 47.0 Å². The first kappa shape index (κ1) is 18.2. The molecule has 0 atom stereocenters. The fraction of sp³-hybridized carbons (Fsp3) is 0.0833. The lowest BCUT2D eigenvalue weighted by atomic mass is 10.0. The lowest BCUT2D eigenvalue weighted by Crippen LogP contribution is -2.07. The summed E-state index contributed by atoms with van der Waals surface area (Å²) in [5.74, 6) is -0.0296. The molecular formula is C24H20N2O. The van der Waals surface area contributed by atoms with Gasteiger partial charge in [-0.15, -0.1) is 0 Å². The van der Waals surface area contributed by atoms with E-state index in [2.05, 4.69) is 6.07 Å². The molecule has 0 saturated carbocycles. The maximum Gasteiger partial charge on any atom is 0.185 e. The highest BCUT2D eigenvalue weighted by atomic mass is 16.1. The van der Waals surface area contributed by atoms with Gasteiger partial charge in [-0.2, -0.15) is 5.26 Å². The van der Waals surface area contributed by atoms with Gasteiger partial charge in [0, 0.05) is 25.3 Å². The van der Waals surface area contributed by atoms with Crippen molar-refractivity contribution in [2.75, 3.05) is 19.0 Å². The Hall–Kier alpha value is -3.64. The van der Waals surface area contributed by atoms with Crippen LogP contribution in [0.4, 0.5) is 5.69 Å². The molecule has 0 unspecified atom stereocenters. The van der Waals surface area contributed by atoms with Crippen molar-refractivity contribution in [2.24, 2.45) is 0 Å². The van der Waals surface area contributed by atoms with Crippen LogP contribution in [0.5, 0.6) is 0 Å². The van der Waals surface area contributed by atoms with E-state index < -0.39 is 0 Å². The minimum absolute atomic E-state index is 0.0296. The van der Waals surface area contributed by atoms with Gasteiger partial charge in [-0.1, -0.05) is 54.6 Å². The van der Waals surface area contributed by atoms with Crippen LogP contribution in [0.2, 0.25) is 0 Å². The second-order valence-electron chi connectivity index (χ2n) is 6.45. The Morgan fingerprint density at radius 3 is 1.93 bits per heavy atom. The monoisotopic (exact) mass is 352 g/mol. The van der Waals surface area contributed by atoms with Crippen molar-refractivity contribution in [3.63, 3.8) is 0 Å². The number of benzene rings is 3. The normalized spacial score (nSPS) is 10.6. The quantitative estimate of drug-likeness (QED) is 0.469. The van der Waals surface area contributed by atoms with Crippen molar-refractivity contribution < 1.29 is 4.79 Å². The number of anilines is 1. The number of hydrogen-bond donors (Lipinski definition) is 0. The second-order valence-corrected chi connectivity index (χ2v) is 6.45. The van der Waals surface area contributed by atoms with Gasteiger partial charge in [0.1, 0.15) is 0 Å². The highest BCUT2D eigenvalue weighted by Gasteiger charge is 2.04. The summed E-state index contributed by atoms with van der Waals surface area (Å²) in [7, 11) is 3.99. The van der Waals surface area contributed by atoms with Gasteiger partial charge < -0.3 is 4.90 Å². The number of hydrogen-bond acceptors (Lipinski definition) is 3. The minimum atomic E-state index is -0.0296. The van der Waals surface area contributed by atoms with E-state index in [0.29, 0.717) is 11.1 Å². The van der Waals surface area contributed by atoms with Crippen LogP contribution in [-0.4, -0.2) is 19.9 Å². The summed E-state index contributed by atoms with van der Waals surface area (Å²) < 4.78 is 0. The third kappa shape index (κ3) is 4.50. The summed E-state index contributed by atoms with van der Waals surface area (Å²) in [5.41, 5.74) is 5.42. The Labute approximate surface area is 159 Å². The highest BCUT2D eigenvalue weighted by molar-refractivity contribution is 6.07. The molecule has 0 aromatic heterocycles. The fourth-order valence-electron chi connectivity index (χ4n) is 2.72. The van der Waals surface area contributed by atoms with Crippen molar-refractivity contribution in [2.45, 2.75) is 0 Å². The van der Waals surface area contributed by atoms with Crippen LogP contribution < -0.4 is 4.90 Å². The molecule has 0 N–H and O–H groups in total. The predicted molar refractivity (Wildman–Crippen MR) is 111 cm³/mol. The number of ketones is 1. The SMILES string of the molecule is CN(C)c1ccc(C=CC(=O)c2ccc(-c3ccc(C#N)cc3)cc2)cc1. The first-order valence-corrected chi connectivity index (χ1v) is 8.67. The van der Waals surface area contributed by atoms with Gasteiger partial charge in [-0.25, -0.2) is 0 Å². The van der Waals surface area contributed by atoms with Gasteiger partial charge in [0.15, 0.2) is 5.78 Å². The first-order chi connectivity index (χ1) is 13.1. The molecular weight excluding hydrogens is 332 g/mol. The van der Waals surface area contributed by atoms with Crippen LogP contribution in [0, 0.1) is 11.3 Å². The summed E-state index contributed by atoms with van der Waals surface area (Å²) in [5, 5.41) is 8.87. The molecule has 0 bridgehead atoms.